The van der Waals surface area contributed by atoms with Crippen LogP contribution in [0.3, 0.4) is 0 Å². The highest BCUT2D eigenvalue weighted by molar-refractivity contribution is 6.32. The Balaban J connectivity index is 1.76. The van der Waals surface area contributed by atoms with E-state index in [2.05, 4.69) is 34.3 Å². The Morgan fingerprint density at radius 1 is 1.10 bits per heavy atom. The van der Waals surface area contributed by atoms with Crippen LogP contribution in [0.2, 0.25) is 5.02 Å². The third-order valence-corrected chi connectivity index (χ3v) is 5.63. The first-order valence-electron chi connectivity index (χ1n) is 10.9. The number of piperazine rings is 1. The molecule has 1 saturated heterocycles. The zero-order valence-electron chi connectivity index (χ0n) is 18.8. The molecule has 1 N–H and O–H groups in total. The first-order valence-corrected chi connectivity index (χ1v) is 11.2. The summed E-state index contributed by atoms with van der Waals surface area (Å²) in [5, 5.41) is 3.37. The number of carbonyl (C=O) groups is 1. The van der Waals surface area contributed by atoms with Crippen molar-refractivity contribution in [3.8, 4) is 11.5 Å². The standard InChI is InChI=1S/C24H32ClN3O3/c1-5-13-31-23-20(25)15-18(16-22(23)30-6-2)24(29)26-21-8-7-19(14-17(21)3)28-11-9-27(4)10-12-28/h7-8,14-16H,5-6,9-13H2,1-4H3,(H,26,29). The minimum absolute atomic E-state index is 0.236. The minimum Gasteiger partial charge on any atom is -0.490 e. The number of amides is 1. The lowest BCUT2D eigenvalue weighted by Crippen LogP contribution is -2.44. The highest BCUT2D eigenvalue weighted by Gasteiger charge is 2.18. The SMILES string of the molecule is CCCOc1c(Cl)cc(C(=O)Nc2ccc(N3CCN(C)CC3)cc2C)cc1OCC. The van der Waals surface area contributed by atoms with E-state index in [-0.39, 0.29) is 5.91 Å². The van der Waals surface area contributed by atoms with Crippen molar-refractivity contribution in [2.45, 2.75) is 27.2 Å². The van der Waals surface area contributed by atoms with Crippen molar-refractivity contribution in [1.29, 1.82) is 0 Å². The second kappa shape index (κ2) is 10.7. The van der Waals surface area contributed by atoms with Crippen LogP contribution in [-0.2, 0) is 0 Å². The molecular weight excluding hydrogens is 414 g/mol. The average molecular weight is 446 g/mol. The molecule has 1 heterocycles. The van der Waals surface area contributed by atoms with E-state index in [1.807, 2.05) is 26.8 Å². The second-order valence-electron chi connectivity index (χ2n) is 7.81. The molecule has 0 unspecified atom stereocenters. The molecule has 6 nitrogen and oxygen atoms in total. The van der Waals surface area contributed by atoms with Crippen molar-refractivity contribution in [2.24, 2.45) is 0 Å². The molecule has 0 saturated carbocycles. The van der Waals surface area contributed by atoms with Gasteiger partial charge in [0, 0.05) is 43.1 Å². The highest BCUT2D eigenvalue weighted by atomic mass is 35.5. The van der Waals surface area contributed by atoms with Crippen LogP contribution in [0.25, 0.3) is 0 Å². The Kier molecular flexibility index (Phi) is 8.04. The van der Waals surface area contributed by atoms with Crippen LogP contribution in [0.5, 0.6) is 11.5 Å². The van der Waals surface area contributed by atoms with E-state index in [4.69, 9.17) is 21.1 Å². The number of aryl methyl sites for hydroxylation is 1. The molecule has 2 aromatic rings. The summed E-state index contributed by atoms with van der Waals surface area (Å²) in [5.41, 5.74) is 3.41. The van der Waals surface area contributed by atoms with E-state index in [9.17, 15) is 4.79 Å². The van der Waals surface area contributed by atoms with Crippen LogP contribution in [0.4, 0.5) is 11.4 Å². The number of likely N-dealkylation sites (N-methyl/N-ethyl adjacent to an activating group) is 1. The molecule has 0 radical (unpaired) electrons. The summed E-state index contributed by atoms with van der Waals surface area (Å²) >= 11 is 6.41. The lowest BCUT2D eigenvalue weighted by Gasteiger charge is -2.34. The third kappa shape index (κ3) is 5.83. The van der Waals surface area contributed by atoms with Crippen LogP contribution in [-0.4, -0.2) is 57.2 Å². The van der Waals surface area contributed by atoms with Gasteiger partial charge in [0.2, 0.25) is 0 Å². The fourth-order valence-electron chi connectivity index (χ4n) is 3.55. The number of nitrogens with zero attached hydrogens (tertiary/aromatic N) is 2. The molecular formula is C24H32ClN3O3. The molecule has 2 aromatic carbocycles. The van der Waals surface area contributed by atoms with Crippen LogP contribution in [0.15, 0.2) is 30.3 Å². The molecule has 1 fully saturated rings. The second-order valence-corrected chi connectivity index (χ2v) is 8.22. The summed E-state index contributed by atoms with van der Waals surface area (Å²) in [7, 11) is 2.15. The van der Waals surface area contributed by atoms with Crippen molar-refractivity contribution < 1.29 is 14.3 Å². The van der Waals surface area contributed by atoms with Gasteiger partial charge in [-0.3, -0.25) is 4.79 Å². The summed E-state index contributed by atoms with van der Waals surface area (Å²) < 4.78 is 11.4. The van der Waals surface area contributed by atoms with Gasteiger partial charge in [0.05, 0.1) is 18.2 Å². The van der Waals surface area contributed by atoms with Gasteiger partial charge in [0.1, 0.15) is 0 Å². The molecule has 1 amide bonds. The van der Waals surface area contributed by atoms with Crippen molar-refractivity contribution in [2.75, 3.05) is 56.7 Å². The Bertz CT molecular complexity index is 911. The van der Waals surface area contributed by atoms with E-state index in [0.717, 1.165) is 43.9 Å². The summed E-state index contributed by atoms with van der Waals surface area (Å²) in [5.74, 6) is 0.728. The topological polar surface area (TPSA) is 54.0 Å². The first kappa shape index (κ1) is 23.2. The van der Waals surface area contributed by atoms with Gasteiger partial charge in [0.25, 0.3) is 5.91 Å². The first-order chi connectivity index (χ1) is 14.9. The van der Waals surface area contributed by atoms with E-state index >= 15 is 0 Å². The molecule has 0 spiro atoms. The van der Waals surface area contributed by atoms with E-state index in [1.54, 1.807) is 12.1 Å². The van der Waals surface area contributed by atoms with Gasteiger partial charge < -0.3 is 24.6 Å². The molecule has 31 heavy (non-hydrogen) atoms. The number of halogens is 1. The average Bonchev–Trinajstić information content (AvgIpc) is 2.75. The Hall–Kier alpha value is -2.44. The predicted octanol–water partition coefficient (Wildman–Crippen LogP) is 4.84. The van der Waals surface area contributed by atoms with Crippen LogP contribution >= 0.6 is 11.6 Å². The lowest BCUT2D eigenvalue weighted by atomic mass is 10.1. The largest absolute Gasteiger partial charge is 0.490 e. The van der Waals surface area contributed by atoms with E-state index in [1.165, 1.54) is 5.69 Å². The number of hydrogen-bond acceptors (Lipinski definition) is 5. The monoisotopic (exact) mass is 445 g/mol. The zero-order chi connectivity index (χ0) is 22.4. The molecule has 0 atom stereocenters. The number of hydrogen-bond donors (Lipinski definition) is 1. The van der Waals surface area contributed by atoms with Crippen LogP contribution in [0.1, 0.15) is 36.2 Å². The van der Waals surface area contributed by atoms with Gasteiger partial charge in [-0.1, -0.05) is 18.5 Å². The van der Waals surface area contributed by atoms with Gasteiger partial charge in [-0.25, -0.2) is 0 Å². The molecule has 0 aliphatic carbocycles. The molecule has 0 bridgehead atoms. The van der Waals surface area contributed by atoms with Gasteiger partial charge in [-0.2, -0.15) is 0 Å². The van der Waals surface area contributed by atoms with E-state index < -0.39 is 0 Å². The zero-order valence-corrected chi connectivity index (χ0v) is 19.6. The number of nitrogens with one attached hydrogen (secondary N) is 1. The summed E-state index contributed by atoms with van der Waals surface area (Å²) in [4.78, 5) is 17.6. The fraction of sp³-hybridized carbons (Fsp3) is 0.458. The summed E-state index contributed by atoms with van der Waals surface area (Å²) in [6.45, 7) is 11.0. The Morgan fingerprint density at radius 2 is 1.84 bits per heavy atom. The highest BCUT2D eigenvalue weighted by Crippen LogP contribution is 2.37. The molecule has 3 rings (SSSR count). The maximum absolute atomic E-state index is 12.9. The fourth-order valence-corrected chi connectivity index (χ4v) is 3.82. The normalized spacial score (nSPS) is 14.4. The number of rotatable bonds is 8. The minimum atomic E-state index is -0.236. The van der Waals surface area contributed by atoms with Crippen molar-refractivity contribution in [3.05, 3.63) is 46.5 Å². The molecule has 1 aliphatic rings. The quantitative estimate of drug-likeness (QED) is 0.630. The lowest BCUT2D eigenvalue weighted by molar-refractivity contribution is 0.102. The maximum atomic E-state index is 12.9. The Labute approximate surface area is 190 Å². The van der Waals surface area contributed by atoms with Gasteiger partial charge in [0.15, 0.2) is 11.5 Å². The number of ether oxygens (including phenoxy) is 2. The van der Waals surface area contributed by atoms with Gasteiger partial charge in [-0.15, -0.1) is 0 Å². The van der Waals surface area contributed by atoms with Crippen molar-refractivity contribution >= 4 is 28.9 Å². The van der Waals surface area contributed by atoms with Crippen molar-refractivity contribution in [3.63, 3.8) is 0 Å². The van der Waals surface area contributed by atoms with E-state index in [0.29, 0.717) is 35.3 Å². The predicted molar refractivity (Wildman–Crippen MR) is 127 cm³/mol. The van der Waals surface area contributed by atoms with Crippen molar-refractivity contribution in [1.82, 2.24) is 4.90 Å². The van der Waals surface area contributed by atoms with Gasteiger partial charge >= 0.3 is 0 Å². The van der Waals surface area contributed by atoms with Crippen LogP contribution < -0.4 is 19.7 Å². The number of carbonyl (C=O) groups excluding carboxylic acids is 1. The van der Waals surface area contributed by atoms with Gasteiger partial charge in [-0.05, 0) is 63.2 Å². The molecule has 0 aromatic heterocycles. The molecule has 168 valence electrons. The Morgan fingerprint density at radius 3 is 2.48 bits per heavy atom. The number of anilines is 2. The number of benzene rings is 2. The smallest absolute Gasteiger partial charge is 0.255 e. The summed E-state index contributed by atoms with van der Waals surface area (Å²) in [6.07, 6.45) is 0.855. The third-order valence-electron chi connectivity index (χ3n) is 5.35. The molecule has 1 aliphatic heterocycles. The van der Waals surface area contributed by atoms with Crippen LogP contribution in [0, 0.1) is 6.92 Å². The summed E-state index contributed by atoms with van der Waals surface area (Å²) in [6, 6.07) is 9.46. The molecule has 7 heteroatoms. The maximum Gasteiger partial charge on any atom is 0.255 e.